The summed E-state index contributed by atoms with van der Waals surface area (Å²) in [7, 11) is 0. The monoisotopic (exact) mass is 209 g/mol. The molecule has 0 aliphatic rings. The number of nitrogens with one attached hydrogen (secondary N) is 1. The number of carbonyl (C=O) groups is 2. The zero-order chi connectivity index (χ0) is 10.9. The fourth-order valence-corrected chi connectivity index (χ4v) is 0.946. The first-order valence-corrected chi connectivity index (χ1v) is 4.33. The maximum Gasteiger partial charge on any atom is 0.357 e. The number of benzene rings is 1. The molecule has 0 aliphatic heterocycles. The molecule has 0 bridgehead atoms. The lowest BCUT2D eigenvalue weighted by Gasteiger charge is -2.03. The van der Waals surface area contributed by atoms with Crippen molar-refractivity contribution in [1.82, 2.24) is 5.48 Å². The van der Waals surface area contributed by atoms with Crippen LogP contribution >= 0.6 is 0 Å². The number of hydroxylamine groups is 1. The maximum absolute atomic E-state index is 10.8. The van der Waals surface area contributed by atoms with Crippen LogP contribution in [-0.4, -0.2) is 19.0 Å². The van der Waals surface area contributed by atoms with Crippen LogP contribution in [0, 0.1) is 0 Å². The highest BCUT2D eigenvalue weighted by Crippen LogP contribution is 1.99. The van der Waals surface area contributed by atoms with Gasteiger partial charge in [0.15, 0.2) is 0 Å². The number of rotatable bonds is 6. The van der Waals surface area contributed by atoms with Gasteiger partial charge in [0, 0.05) is 0 Å². The van der Waals surface area contributed by atoms with E-state index in [1.54, 1.807) is 5.48 Å². The Balaban J connectivity index is 2.16. The molecule has 0 radical (unpaired) electrons. The van der Waals surface area contributed by atoms with E-state index in [0.29, 0.717) is 6.61 Å². The van der Waals surface area contributed by atoms with Gasteiger partial charge < -0.3 is 9.57 Å². The molecule has 0 unspecified atom stereocenters. The fourth-order valence-electron chi connectivity index (χ4n) is 0.946. The normalized spacial score (nSPS) is 9.33. The molecule has 1 amide bonds. The van der Waals surface area contributed by atoms with E-state index in [1.165, 1.54) is 0 Å². The highest BCUT2D eigenvalue weighted by atomic mass is 16.7. The van der Waals surface area contributed by atoms with E-state index in [1.807, 2.05) is 30.3 Å². The number of ether oxygens (including phenoxy) is 1. The summed E-state index contributed by atoms with van der Waals surface area (Å²) in [6.45, 7) is 0.132. The molecule has 15 heavy (non-hydrogen) atoms. The summed E-state index contributed by atoms with van der Waals surface area (Å²) in [5, 5.41) is 0. The van der Waals surface area contributed by atoms with Gasteiger partial charge in [-0.15, -0.1) is 0 Å². The average Bonchev–Trinajstić information content (AvgIpc) is 2.28. The summed E-state index contributed by atoms with van der Waals surface area (Å²) < 4.78 is 5.05. The molecule has 0 saturated carbocycles. The SMILES string of the molecule is O=CNOC(=O)COCc1ccccc1. The highest BCUT2D eigenvalue weighted by Gasteiger charge is 2.02. The third kappa shape index (κ3) is 4.78. The summed E-state index contributed by atoms with van der Waals surface area (Å²) in [4.78, 5) is 24.8. The molecule has 0 fully saturated rings. The molecule has 0 aromatic heterocycles. The molecule has 0 aliphatic carbocycles. The third-order valence-electron chi connectivity index (χ3n) is 1.55. The fraction of sp³-hybridized carbons (Fsp3) is 0.200. The topological polar surface area (TPSA) is 64.6 Å². The summed E-state index contributed by atoms with van der Waals surface area (Å²) >= 11 is 0. The quantitative estimate of drug-likeness (QED) is 0.544. The Kier molecular flexibility index (Phi) is 4.89. The maximum atomic E-state index is 10.8. The highest BCUT2D eigenvalue weighted by molar-refractivity contribution is 5.71. The van der Waals surface area contributed by atoms with Crippen LogP contribution in [0.3, 0.4) is 0 Å². The smallest absolute Gasteiger partial charge is 0.357 e. The van der Waals surface area contributed by atoms with E-state index < -0.39 is 5.97 Å². The predicted molar refractivity (Wildman–Crippen MR) is 51.4 cm³/mol. The van der Waals surface area contributed by atoms with Crippen molar-refractivity contribution in [3.05, 3.63) is 35.9 Å². The summed E-state index contributed by atoms with van der Waals surface area (Å²) in [5.74, 6) is -0.641. The van der Waals surface area contributed by atoms with Crippen molar-refractivity contribution in [2.24, 2.45) is 0 Å². The minimum Gasteiger partial charge on any atom is -0.365 e. The van der Waals surface area contributed by atoms with Crippen molar-refractivity contribution in [3.8, 4) is 0 Å². The van der Waals surface area contributed by atoms with E-state index in [-0.39, 0.29) is 13.0 Å². The molecule has 5 heteroatoms. The second-order valence-electron chi connectivity index (χ2n) is 2.69. The second-order valence-corrected chi connectivity index (χ2v) is 2.69. The lowest BCUT2D eigenvalue weighted by molar-refractivity contribution is -0.159. The lowest BCUT2D eigenvalue weighted by atomic mass is 10.2. The minimum atomic E-state index is -0.641. The van der Waals surface area contributed by atoms with Crippen LogP contribution in [0.4, 0.5) is 0 Å². The Hall–Kier alpha value is -1.88. The first-order valence-electron chi connectivity index (χ1n) is 4.33. The number of hydrogen-bond donors (Lipinski definition) is 1. The molecule has 0 saturated heterocycles. The van der Waals surface area contributed by atoms with Crippen molar-refractivity contribution in [2.45, 2.75) is 6.61 Å². The van der Waals surface area contributed by atoms with Crippen LogP contribution in [0.5, 0.6) is 0 Å². The molecule has 1 rings (SSSR count). The van der Waals surface area contributed by atoms with Gasteiger partial charge >= 0.3 is 5.97 Å². The van der Waals surface area contributed by atoms with E-state index in [0.717, 1.165) is 5.56 Å². The first-order chi connectivity index (χ1) is 7.33. The Morgan fingerprint density at radius 3 is 2.73 bits per heavy atom. The average molecular weight is 209 g/mol. The van der Waals surface area contributed by atoms with E-state index in [4.69, 9.17) is 4.74 Å². The van der Waals surface area contributed by atoms with Gasteiger partial charge in [0.2, 0.25) is 6.41 Å². The largest absolute Gasteiger partial charge is 0.365 e. The molecule has 1 aromatic rings. The number of carbonyl (C=O) groups excluding carboxylic acids is 2. The van der Waals surface area contributed by atoms with Gasteiger partial charge in [-0.2, -0.15) is 5.48 Å². The van der Waals surface area contributed by atoms with E-state index in [9.17, 15) is 9.59 Å². The molecule has 80 valence electrons. The van der Waals surface area contributed by atoms with Gasteiger partial charge in [0.05, 0.1) is 6.61 Å². The van der Waals surface area contributed by atoms with Crippen molar-refractivity contribution in [1.29, 1.82) is 0 Å². The van der Waals surface area contributed by atoms with Crippen LogP contribution in [0.25, 0.3) is 0 Å². The zero-order valence-corrected chi connectivity index (χ0v) is 8.01. The Morgan fingerprint density at radius 2 is 2.07 bits per heavy atom. The van der Waals surface area contributed by atoms with Gasteiger partial charge in [-0.3, -0.25) is 4.79 Å². The third-order valence-corrected chi connectivity index (χ3v) is 1.55. The van der Waals surface area contributed by atoms with Crippen LogP contribution in [-0.2, 0) is 25.8 Å². The molecule has 1 N–H and O–H groups in total. The van der Waals surface area contributed by atoms with Crippen LogP contribution in [0.15, 0.2) is 30.3 Å². The molecule has 5 nitrogen and oxygen atoms in total. The van der Waals surface area contributed by atoms with Gasteiger partial charge in [-0.1, -0.05) is 30.3 Å². The zero-order valence-electron chi connectivity index (χ0n) is 8.01. The number of hydrogen-bond acceptors (Lipinski definition) is 4. The molecule has 1 aromatic carbocycles. The van der Waals surface area contributed by atoms with Gasteiger partial charge in [-0.25, -0.2) is 4.79 Å². The molecular weight excluding hydrogens is 198 g/mol. The molecule has 0 atom stereocenters. The standard InChI is InChI=1S/C10H11NO4/c12-8-11-15-10(13)7-14-6-9-4-2-1-3-5-9/h1-5,8H,6-7H2,(H,11,12). The van der Waals surface area contributed by atoms with Gasteiger partial charge in [0.25, 0.3) is 0 Å². The van der Waals surface area contributed by atoms with E-state index >= 15 is 0 Å². The molecular formula is C10H11NO4. The van der Waals surface area contributed by atoms with Crippen molar-refractivity contribution >= 4 is 12.4 Å². The summed E-state index contributed by atoms with van der Waals surface area (Å²) in [5.41, 5.74) is 2.75. The lowest BCUT2D eigenvalue weighted by Crippen LogP contribution is -2.21. The van der Waals surface area contributed by atoms with Gasteiger partial charge in [0.1, 0.15) is 6.61 Å². The van der Waals surface area contributed by atoms with Crippen LogP contribution in [0.1, 0.15) is 5.56 Å². The summed E-state index contributed by atoms with van der Waals surface area (Å²) in [6.07, 6.45) is 0.273. The van der Waals surface area contributed by atoms with Crippen molar-refractivity contribution in [2.75, 3.05) is 6.61 Å². The van der Waals surface area contributed by atoms with Crippen molar-refractivity contribution < 1.29 is 19.2 Å². The van der Waals surface area contributed by atoms with Gasteiger partial charge in [-0.05, 0) is 5.56 Å². The molecule has 0 heterocycles. The molecule has 0 spiro atoms. The number of amides is 1. The van der Waals surface area contributed by atoms with Crippen molar-refractivity contribution in [3.63, 3.8) is 0 Å². The predicted octanol–water partition coefficient (Wildman–Crippen LogP) is 0.407. The Labute approximate surface area is 86.9 Å². The second kappa shape index (κ2) is 6.56. The van der Waals surface area contributed by atoms with Crippen LogP contribution < -0.4 is 5.48 Å². The van der Waals surface area contributed by atoms with E-state index in [2.05, 4.69) is 4.84 Å². The minimum absolute atomic E-state index is 0.199. The first kappa shape index (κ1) is 11.2. The Bertz CT molecular complexity index is 312. The Morgan fingerprint density at radius 1 is 1.33 bits per heavy atom. The van der Waals surface area contributed by atoms with Crippen LogP contribution in [0.2, 0.25) is 0 Å². The summed E-state index contributed by atoms with van der Waals surface area (Å²) in [6, 6.07) is 9.42.